The molecule has 6 heteroatoms. The zero-order valence-electron chi connectivity index (χ0n) is 18.9. The Morgan fingerprint density at radius 2 is 1.84 bits per heavy atom. The fourth-order valence-electron chi connectivity index (χ4n) is 3.78. The van der Waals surface area contributed by atoms with Gasteiger partial charge in [-0.15, -0.1) is 0 Å². The smallest absolute Gasteiger partial charge is 0.246 e. The number of likely N-dealkylation sites (tertiary alicyclic amines) is 1. The number of aryl methyl sites for hydroxylation is 1. The molecule has 1 aliphatic heterocycles. The molecular weight excluding hydrogens is 404 g/mol. The SMILES string of the molecule is CCOc1ccc(CCC(=O)NC2CCN(C(=O)/C=C/c3ccccc3)CC2)cc1OC. The first-order chi connectivity index (χ1) is 15.6. The lowest BCUT2D eigenvalue weighted by Crippen LogP contribution is -2.46. The van der Waals surface area contributed by atoms with Crippen LogP contribution in [0.3, 0.4) is 0 Å². The predicted molar refractivity (Wildman–Crippen MR) is 126 cm³/mol. The minimum absolute atomic E-state index is 0.0167. The van der Waals surface area contributed by atoms with Crippen LogP contribution in [0, 0.1) is 0 Å². The number of piperidine rings is 1. The van der Waals surface area contributed by atoms with Crippen molar-refractivity contribution in [3.05, 3.63) is 65.7 Å². The Bertz CT molecular complexity index is 919. The molecule has 1 fully saturated rings. The van der Waals surface area contributed by atoms with Crippen LogP contribution in [0.15, 0.2) is 54.6 Å². The summed E-state index contributed by atoms with van der Waals surface area (Å²) in [5, 5.41) is 3.12. The van der Waals surface area contributed by atoms with E-state index in [1.54, 1.807) is 13.2 Å². The Labute approximate surface area is 190 Å². The van der Waals surface area contributed by atoms with Crippen LogP contribution >= 0.6 is 0 Å². The van der Waals surface area contributed by atoms with Gasteiger partial charge in [0.1, 0.15) is 0 Å². The standard InChI is InChI=1S/C26H32N2O4/c1-3-32-23-12-9-21(19-24(23)31-2)10-13-25(29)27-22-15-17-28(18-16-22)26(30)14-11-20-7-5-4-6-8-20/h4-9,11-12,14,19,22H,3,10,13,15-18H2,1-2H3,(H,27,29)/b14-11+. The number of carbonyl (C=O) groups is 2. The highest BCUT2D eigenvalue weighted by molar-refractivity contribution is 5.91. The van der Waals surface area contributed by atoms with Crippen LogP contribution < -0.4 is 14.8 Å². The van der Waals surface area contributed by atoms with Gasteiger partial charge in [-0.3, -0.25) is 9.59 Å². The van der Waals surface area contributed by atoms with Crippen LogP contribution in [0.2, 0.25) is 0 Å². The number of nitrogens with zero attached hydrogens (tertiary/aromatic N) is 1. The Hall–Kier alpha value is -3.28. The minimum atomic E-state index is 0.0167. The fourth-order valence-corrected chi connectivity index (χ4v) is 3.78. The van der Waals surface area contributed by atoms with Crippen molar-refractivity contribution in [2.24, 2.45) is 0 Å². The summed E-state index contributed by atoms with van der Waals surface area (Å²) < 4.78 is 10.9. The number of carbonyl (C=O) groups excluding carboxylic acids is 2. The summed E-state index contributed by atoms with van der Waals surface area (Å²) in [6.45, 7) is 3.81. The monoisotopic (exact) mass is 436 g/mol. The first kappa shape index (κ1) is 23.4. The highest BCUT2D eigenvalue weighted by atomic mass is 16.5. The normalized spacial score (nSPS) is 14.4. The van der Waals surface area contributed by atoms with Crippen molar-refractivity contribution in [2.45, 2.75) is 38.6 Å². The van der Waals surface area contributed by atoms with Crippen LogP contribution in [-0.4, -0.2) is 49.6 Å². The predicted octanol–water partition coefficient (Wildman–Crippen LogP) is 3.85. The first-order valence-electron chi connectivity index (χ1n) is 11.2. The second kappa shape index (κ2) is 11.9. The molecule has 0 aromatic heterocycles. The van der Waals surface area contributed by atoms with Gasteiger partial charge in [-0.1, -0.05) is 36.4 Å². The van der Waals surface area contributed by atoms with Gasteiger partial charge in [-0.2, -0.15) is 0 Å². The van der Waals surface area contributed by atoms with Crippen LogP contribution in [0.1, 0.15) is 37.3 Å². The van der Waals surface area contributed by atoms with Crippen molar-refractivity contribution in [1.29, 1.82) is 0 Å². The van der Waals surface area contributed by atoms with Crippen LogP contribution in [-0.2, 0) is 16.0 Å². The van der Waals surface area contributed by atoms with E-state index < -0.39 is 0 Å². The molecule has 1 aliphatic rings. The molecule has 0 unspecified atom stereocenters. The summed E-state index contributed by atoms with van der Waals surface area (Å²) in [4.78, 5) is 26.7. The molecule has 0 spiro atoms. The molecule has 6 nitrogen and oxygen atoms in total. The summed E-state index contributed by atoms with van der Waals surface area (Å²) in [6, 6.07) is 15.7. The maximum atomic E-state index is 12.4. The molecular formula is C26H32N2O4. The van der Waals surface area contributed by atoms with E-state index >= 15 is 0 Å². The van der Waals surface area contributed by atoms with Crippen LogP contribution in [0.25, 0.3) is 6.08 Å². The van der Waals surface area contributed by atoms with Crippen molar-refractivity contribution in [3.63, 3.8) is 0 Å². The zero-order chi connectivity index (χ0) is 22.8. The molecule has 1 N–H and O–H groups in total. The van der Waals surface area contributed by atoms with Gasteiger partial charge in [-0.25, -0.2) is 0 Å². The van der Waals surface area contributed by atoms with Crippen molar-refractivity contribution in [2.75, 3.05) is 26.8 Å². The number of methoxy groups -OCH3 is 1. The molecule has 3 rings (SSSR count). The van der Waals surface area contributed by atoms with E-state index in [2.05, 4.69) is 5.32 Å². The maximum absolute atomic E-state index is 12.4. The summed E-state index contributed by atoms with van der Waals surface area (Å²) >= 11 is 0. The van der Waals surface area contributed by atoms with E-state index in [4.69, 9.17) is 9.47 Å². The number of amides is 2. The van der Waals surface area contributed by atoms with Gasteiger partial charge >= 0.3 is 0 Å². The van der Waals surface area contributed by atoms with E-state index in [0.29, 0.717) is 44.0 Å². The molecule has 2 amide bonds. The fraction of sp³-hybridized carbons (Fsp3) is 0.385. The summed E-state index contributed by atoms with van der Waals surface area (Å²) in [6.07, 6.45) is 6.05. The maximum Gasteiger partial charge on any atom is 0.246 e. The molecule has 0 radical (unpaired) electrons. The van der Waals surface area contributed by atoms with Gasteiger partial charge in [0.05, 0.1) is 13.7 Å². The lowest BCUT2D eigenvalue weighted by atomic mass is 10.0. The minimum Gasteiger partial charge on any atom is -0.493 e. The van der Waals surface area contributed by atoms with Gasteiger partial charge in [0.15, 0.2) is 11.5 Å². The molecule has 1 saturated heterocycles. The van der Waals surface area contributed by atoms with Crippen molar-refractivity contribution >= 4 is 17.9 Å². The Morgan fingerprint density at radius 3 is 2.53 bits per heavy atom. The zero-order valence-corrected chi connectivity index (χ0v) is 18.9. The number of nitrogens with one attached hydrogen (secondary N) is 1. The largest absolute Gasteiger partial charge is 0.493 e. The van der Waals surface area contributed by atoms with Gasteiger partial charge in [0.25, 0.3) is 0 Å². The van der Waals surface area contributed by atoms with Crippen molar-refractivity contribution < 1.29 is 19.1 Å². The first-order valence-corrected chi connectivity index (χ1v) is 11.2. The number of hydrogen-bond acceptors (Lipinski definition) is 4. The summed E-state index contributed by atoms with van der Waals surface area (Å²) in [5.41, 5.74) is 2.04. The van der Waals surface area contributed by atoms with Gasteiger partial charge < -0.3 is 19.7 Å². The molecule has 0 aliphatic carbocycles. The number of ether oxygens (including phenoxy) is 2. The van der Waals surface area contributed by atoms with E-state index in [1.807, 2.05) is 66.4 Å². The Balaban J connectivity index is 1.41. The van der Waals surface area contributed by atoms with E-state index in [-0.39, 0.29) is 17.9 Å². The van der Waals surface area contributed by atoms with E-state index in [1.165, 1.54) is 0 Å². The lowest BCUT2D eigenvalue weighted by Gasteiger charge is -2.31. The molecule has 0 bridgehead atoms. The Kier molecular flexibility index (Phi) is 8.72. The second-order valence-corrected chi connectivity index (χ2v) is 7.83. The molecule has 170 valence electrons. The molecule has 1 heterocycles. The highest BCUT2D eigenvalue weighted by Gasteiger charge is 2.22. The molecule has 32 heavy (non-hydrogen) atoms. The number of benzene rings is 2. The second-order valence-electron chi connectivity index (χ2n) is 7.83. The lowest BCUT2D eigenvalue weighted by molar-refractivity contribution is -0.127. The quantitative estimate of drug-likeness (QED) is 0.607. The highest BCUT2D eigenvalue weighted by Crippen LogP contribution is 2.28. The average molecular weight is 437 g/mol. The molecule has 2 aromatic rings. The van der Waals surface area contributed by atoms with Gasteiger partial charge in [-0.05, 0) is 55.5 Å². The Morgan fingerprint density at radius 1 is 1.09 bits per heavy atom. The van der Waals surface area contributed by atoms with E-state index in [9.17, 15) is 9.59 Å². The average Bonchev–Trinajstić information content (AvgIpc) is 2.83. The van der Waals surface area contributed by atoms with Crippen molar-refractivity contribution in [3.8, 4) is 11.5 Å². The third-order valence-corrected chi connectivity index (χ3v) is 5.56. The molecule has 2 aromatic carbocycles. The van der Waals surface area contributed by atoms with E-state index in [0.717, 1.165) is 24.0 Å². The van der Waals surface area contributed by atoms with Gasteiger partial charge in [0.2, 0.25) is 11.8 Å². The summed E-state index contributed by atoms with van der Waals surface area (Å²) in [7, 11) is 1.61. The number of rotatable bonds is 9. The van der Waals surface area contributed by atoms with Crippen LogP contribution in [0.4, 0.5) is 0 Å². The molecule has 0 saturated carbocycles. The third-order valence-electron chi connectivity index (χ3n) is 5.56. The van der Waals surface area contributed by atoms with Gasteiger partial charge in [0, 0.05) is 31.6 Å². The number of hydrogen-bond donors (Lipinski definition) is 1. The summed E-state index contributed by atoms with van der Waals surface area (Å²) in [5.74, 6) is 1.45. The topological polar surface area (TPSA) is 67.9 Å². The van der Waals surface area contributed by atoms with Crippen LogP contribution in [0.5, 0.6) is 11.5 Å². The molecule has 0 atom stereocenters. The van der Waals surface area contributed by atoms with Crippen molar-refractivity contribution in [1.82, 2.24) is 10.2 Å². The third kappa shape index (κ3) is 6.87.